The molecule has 0 unspecified atom stereocenters. The van der Waals surface area contributed by atoms with Crippen LogP contribution in [0.3, 0.4) is 0 Å². The van der Waals surface area contributed by atoms with Crippen molar-refractivity contribution < 1.29 is 9.53 Å². The molecule has 0 fully saturated rings. The van der Waals surface area contributed by atoms with E-state index < -0.39 is 5.97 Å². The van der Waals surface area contributed by atoms with Crippen LogP contribution in [0.25, 0.3) is 10.9 Å². The van der Waals surface area contributed by atoms with E-state index in [1.165, 1.54) is 18.9 Å². The summed E-state index contributed by atoms with van der Waals surface area (Å²) in [6, 6.07) is 14.8. The predicted octanol–water partition coefficient (Wildman–Crippen LogP) is 3.50. The standard InChI is InChI=1S/C24H26N6O3S/c1-3-4-13-30-21(26-27-28-30)16-34-24-25-20-15-18(23(32)33-2)10-11-19(20)22(31)29(24)14-12-17-8-6-5-7-9-17/h5-11,15H,3-4,12-14,16H2,1-2H3. The number of aromatic nitrogens is 6. The normalized spacial score (nSPS) is 11.1. The zero-order chi connectivity index (χ0) is 23.9. The first kappa shape index (κ1) is 23.6. The molecule has 0 saturated heterocycles. The number of fused-ring (bicyclic) bond motifs is 1. The van der Waals surface area contributed by atoms with Crippen molar-refractivity contribution in [2.75, 3.05) is 7.11 Å². The van der Waals surface area contributed by atoms with Crippen molar-refractivity contribution in [1.82, 2.24) is 29.8 Å². The van der Waals surface area contributed by atoms with Crippen molar-refractivity contribution in [3.63, 3.8) is 0 Å². The summed E-state index contributed by atoms with van der Waals surface area (Å²) < 4.78 is 8.30. The Labute approximate surface area is 201 Å². The molecule has 2 heterocycles. The van der Waals surface area contributed by atoms with E-state index in [1.807, 2.05) is 30.3 Å². The quantitative estimate of drug-likeness (QED) is 0.194. The summed E-state index contributed by atoms with van der Waals surface area (Å²) in [6.07, 6.45) is 2.71. The summed E-state index contributed by atoms with van der Waals surface area (Å²) >= 11 is 1.41. The van der Waals surface area contributed by atoms with Crippen LogP contribution in [-0.2, 0) is 30.0 Å². The molecular weight excluding hydrogens is 452 g/mol. The molecule has 0 saturated carbocycles. The molecule has 0 aliphatic rings. The van der Waals surface area contributed by atoms with Crippen LogP contribution in [0.5, 0.6) is 0 Å². The SMILES string of the molecule is CCCCn1nnnc1CSc1nc2cc(C(=O)OC)ccc2c(=O)n1CCc1ccccc1. The number of nitrogens with zero attached hydrogens (tertiary/aromatic N) is 6. The highest BCUT2D eigenvalue weighted by Crippen LogP contribution is 2.22. The number of hydrogen-bond donors (Lipinski definition) is 0. The smallest absolute Gasteiger partial charge is 0.337 e. The molecule has 2 aromatic carbocycles. The Bertz CT molecular complexity index is 1340. The van der Waals surface area contributed by atoms with E-state index in [0.29, 0.717) is 40.3 Å². The fraction of sp³-hybridized carbons (Fsp3) is 0.333. The second-order valence-electron chi connectivity index (χ2n) is 7.77. The number of ether oxygens (including phenoxy) is 1. The number of esters is 1. The van der Waals surface area contributed by atoms with Crippen molar-refractivity contribution in [1.29, 1.82) is 0 Å². The lowest BCUT2D eigenvalue weighted by atomic mass is 10.1. The van der Waals surface area contributed by atoms with Crippen LogP contribution >= 0.6 is 11.8 Å². The molecule has 0 spiro atoms. The number of methoxy groups -OCH3 is 1. The summed E-state index contributed by atoms with van der Waals surface area (Å²) in [5.74, 6) is 0.725. The van der Waals surface area contributed by atoms with E-state index in [4.69, 9.17) is 9.72 Å². The van der Waals surface area contributed by atoms with E-state index in [1.54, 1.807) is 27.4 Å². The molecule has 0 atom stereocenters. The van der Waals surface area contributed by atoms with E-state index >= 15 is 0 Å². The number of benzene rings is 2. The monoisotopic (exact) mass is 478 g/mol. The van der Waals surface area contributed by atoms with Crippen molar-refractivity contribution >= 4 is 28.6 Å². The average Bonchev–Trinajstić information content (AvgIpc) is 3.32. The summed E-state index contributed by atoms with van der Waals surface area (Å²) in [7, 11) is 1.32. The second-order valence-corrected chi connectivity index (χ2v) is 8.71. The van der Waals surface area contributed by atoms with Crippen LogP contribution in [0.1, 0.15) is 41.5 Å². The predicted molar refractivity (Wildman–Crippen MR) is 130 cm³/mol. The Morgan fingerprint density at radius 3 is 2.71 bits per heavy atom. The average molecular weight is 479 g/mol. The van der Waals surface area contributed by atoms with E-state index in [0.717, 1.165) is 30.8 Å². The van der Waals surface area contributed by atoms with Crippen molar-refractivity contribution in [3.8, 4) is 0 Å². The van der Waals surface area contributed by atoms with Crippen LogP contribution in [0.15, 0.2) is 58.5 Å². The van der Waals surface area contributed by atoms with Crippen LogP contribution in [0.2, 0.25) is 0 Å². The van der Waals surface area contributed by atoms with Gasteiger partial charge in [0.2, 0.25) is 0 Å². The van der Waals surface area contributed by atoms with Gasteiger partial charge in [-0.25, -0.2) is 14.5 Å². The maximum absolute atomic E-state index is 13.4. The van der Waals surface area contributed by atoms with Crippen molar-refractivity contribution in [2.45, 2.75) is 50.2 Å². The van der Waals surface area contributed by atoms with Crippen LogP contribution in [-0.4, -0.2) is 42.8 Å². The van der Waals surface area contributed by atoms with Gasteiger partial charge in [-0.05, 0) is 47.0 Å². The summed E-state index contributed by atoms with van der Waals surface area (Å²) in [5.41, 5.74) is 1.79. The Hall–Kier alpha value is -3.53. The number of thioether (sulfide) groups is 1. The summed E-state index contributed by atoms with van der Waals surface area (Å²) in [5, 5.41) is 13.0. The zero-order valence-corrected chi connectivity index (χ0v) is 20.0. The Morgan fingerprint density at radius 1 is 1.12 bits per heavy atom. The molecule has 4 aromatic rings. The van der Waals surface area contributed by atoms with Gasteiger partial charge in [-0.2, -0.15) is 0 Å². The molecule has 4 rings (SSSR count). The highest BCUT2D eigenvalue weighted by molar-refractivity contribution is 7.98. The molecular formula is C24H26N6O3S. The minimum absolute atomic E-state index is 0.148. The summed E-state index contributed by atoms with van der Waals surface area (Å²) in [6.45, 7) is 3.34. The highest BCUT2D eigenvalue weighted by atomic mass is 32.2. The Morgan fingerprint density at radius 2 is 1.94 bits per heavy atom. The maximum atomic E-state index is 13.4. The fourth-order valence-corrected chi connectivity index (χ4v) is 4.53. The minimum Gasteiger partial charge on any atom is -0.465 e. The first-order valence-electron chi connectivity index (χ1n) is 11.2. The molecule has 9 nitrogen and oxygen atoms in total. The molecule has 0 N–H and O–H groups in total. The van der Waals surface area contributed by atoms with E-state index in [2.05, 4.69) is 22.4 Å². The lowest BCUT2D eigenvalue weighted by molar-refractivity contribution is 0.0601. The fourth-order valence-electron chi connectivity index (χ4n) is 3.58. The molecule has 2 aromatic heterocycles. The number of hydrogen-bond acceptors (Lipinski definition) is 8. The minimum atomic E-state index is -0.471. The number of unbranched alkanes of at least 4 members (excludes halogenated alkanes) is 1. The molecule has 176 valence electrons. The second kappa shape index (κ2) is 11.1. The Balaban J connectivity index is 1.69. The third kappa shape index (κ3) is 5.33. The van der Waals surface area contributed by atoms with Gasteiger partial charge in [0.15, 0.2) is 11.0 Å². The maximum Gasteiger partial charge on any atom is 0.337 e. The molecule has 0 amide bonds. The van der Waals surface area contributed by atoms with Crippen molar-refractivity contribution in [2.24, 2.45) is 0 Å². The van der Waals surface area contributed by atoms with Gasteiger partial charge in [0, 0.05) is 13.1 Å². The topological polar surface area (TPSA) is 105 Å². The van der Waals surface area contributed by atoms with Crippen LogP contribution in [0, 0.1) is 0 Å². The lowest BCUT2D eigenvalue weighted by Crippen LogP contribution is -2.24. The zero-order valence-electron chi connectivity index (χ0n) is 19.2. The number of aryl methyl sites for hydroxylation is 2. The molecule has 0 aliphatic carbocycles. The molecule has 34 heavy (non-hydrogen) atoms. The van der Waals surface area contributed by atoms with Gasteiger partial charge >= 0.3 is 5.97 Å². The lowest BCUT2D eigenvalue weighted by Gasteiger charge is -2.13. The molecule has 0 aliphatic heterocycles. The largest absolute Gasteiger partial charge is 0.465 e. The summed E-state index contributed by atoms with van der Waals surface area (Å²) in [4.78, 5) is 30.2. The highest BCUT2D eigenvalue weighted by Gasteiger charge is 2.16. The van der Waals surface area contributed by atoms with Crippen LogP contribution < -0.4 is 5.56 Å². The third-order valence-electron chi connectivity index (χ3n) is 5.47. The first-order chi connectivity index (χ1) is 16.6. The van der Waals surface area contributed by atoms with Gasteiger partial charge in [-0.15, -0.1) is 5.10 Å². The molecule has 10 heteroatoms. The van der Waals surface area contributed by atoms with Gasteiger partial charge in [0.1, 0.15) is 0 Å². The number of carbonyl (C=O) groups is 1. The number of tetrazole rings is 1. The third-order valence-corrected chi connectivity index (χ3v) is 6.44. The van der Waals surface area contributed by atoms with E-state index in [-0.39, 0.29) is 5.56 Å². The van der Waals surface area contributed by atoms with Gasteiger partial charge in [-0.3, -0.25) is 9.36 Å². The molecule has 0 bridgehead atoms. The number of rotatable bonds is 10. The first-order valence-corrected chi connectivity index (χ1v) is 12.1. The van der Waals surface area contributed by atoms with E-state index in [9.17, 15) is 9.59 Å². The van der Waals surface area contributed by atoms with Gasteiger partial charge in [0.25, 0.3) is 5.56 Å². The van der Waals surface area contributed by atoms with Gasteiger partial charge < -0.3 is 4.74 Å². The molecule has 0 radical (unpaired) electrons. The van der Waals surface area contributed by atoms with Crippen molar-refractivity contribution in [3.05, 3.63) is 75.8 Å². The Kier molecular flexibility index (Phi) is 7.69. The number of carbonyl (C=O) groups excluding carboxylic acids is 1. The van der Waals surface area contributed by atoms with Gasteiger partial charge in [0.05, 0.1) is 29.3 Å². The van der Waals surface area contributed by atoms with Gasteiger partial charge in [-0.1, -0.05) is 55.4 Å². The van der Waals surface area contributed by atoms with Crippen LogP contribution in [0.4, 0.5) is 0 Å².